The summed E-state index contributed by atoms with van der Waals surface area (Å²) in [5, 5.41) is 0.281. The maximum atomic E-state index is 12.7. The van der Waals surface area contributed by atoms with Crippen LogP contribution in [0.25, 0.3) is 11.3 Å². The summed E-state index contributed by atoms with van der Waals surface area (Å²) in [7, 11) is 0. The van der Waals surface area contributed by atoms with Gasteiger partial charge in [0, 0.05) is 11.6 Å². The number of aromatic nitrogens is 1. The van der Waals surface area contributed by atoms with Gasteiger partial charge in [-0.25, -0.2) is 8.78 Å². The van der Waals surface area contributed by atoms with Gasteiger partial charge >= 0.3 is 0 Å². The molecule has 0 saturated heterocycles. The van der Waals surface area contributed by atoms with Crippen molar-refractivity contribution in [1.29, 1.82) is 0 Å². The molecule has 0 amide bonds. The van der Waals surface area contributed by atoms with E-state index in [0.29, 0.717) is 17.0 Å². The molecule has 6 heteroatoms. The molecule has 0 aliphatic heterocycles. The molecular weight excluding hydrogens is 312 g/mol. The van der Waals surface area contributed by atoms with Crippen molar-refractivity contribution < 1.29 is 13.5 Å². The second-order valence-corrected chi connectivity index (χ2v) is 4.79. The lowest BCUT2D eigenvalue weighted by atomic mass is 10.1. The van der Waals surface area contributed by atoms with Crippen LogP contribution >= 0.6 is 11.6 Å². The van der Waals surface area contributed by atoms with E-state index in [2.05, 4.69) is 5.92 Å². The average molecular weight is 324 g/mol. The molecule has 1 aromatic carbocycles. The normalized spacial score (nSPS) is 10.5. The van der Waals surface area contributed by atoms with Crippen molar-refractivity contribution in [1.82, 2.24) is 4.57 Å². The molecule has 3 nitrogen and oxygen atoms in total. The Labute approximate surface area is 131 Å². The highest BCUT2D eigenvalue weighted by molar-refractivity contribution is 6.33. The lowest BCUT2D eigenvalue weighted by Crippen LogP contribution is -2.23. The molecule has 0 aliphatic carbocycles. The molecule has 2 aromatic rings. The summed E-state index contributed by atoms with van der Waals surface area (Å²) in [4.78, 5) is 11.8. The Kier molecular flexibility index (Phi) is 5.18. The fourth-order valence-electron chi connectivity index (χ4n) is 2.00. The zero-order valence-corrected chi connectivity index (χ0v) is 12.2. The zero-order chi connectivity index (χ0) is 16.1. The first-order chi connectivity index (χ1) is 10.5. The second kappa shape index (κ2) is 7.10. The van der Waals surface area contributed by atoms with Crippen LogP contribution in [0.5, 0.6) is 5.75 Å². The predicted molar refractivity (Wildman–Crippen MR) is 81.5 cm³/mol. The predicted octanol–water partition coefficient (Wildman–Crippen LogP) is 3.45. The summed E-state index contributed by atoms with van der Waals surface area (Å²) >= 11 is 6.17. The first kappa shape index (κ1) is 16.1. The molecule has 114 valence electrons. The molecule has 0 saturated carbocycles. The summed E-state index contributed by atoms with van der Waals surface area (Å²) in [5.74, 6) is 2.79. The number of benzene rings is 1. The van der Waals surface area contributed by atoms with E-state index in [4.69, 9.17) is 22.8 Å². The van der Waals surface area contributed by atoms with Crippen LogP contribution in [0.4, 0.5) is 8.78 Å². The molecular formula is C16H12ClF2NO2. The minimum Gasteiger partial charge on any atom is -0.481 e. The van der Waals surface area contributed by atoms with Crippen molar-refractivity contribution in [2.24, 2.45) is 0 Å². The third kappa shape index (κ3) is 3.66. The standard InChI is InChI=1S/C16H12ClF2NO2/c1-2-8-22-11-6-7-12(13(17)9-11)14-4-3-5-16(21)20(14)10-15(18)19/h1,3-7,9,15H,8,10H2. The summed E-state index contributed by atoms with van der Waals surface area (Å²) in [6, 6.07) is 9.03. The quantitative estimate of drug-likeness (QED) is 0.789. The van der Waals surface area contributed by atoms with Crippen LogP contribution in [0.1, 0.15) is 0 Å². The largest absolute Gasteiger partial charge is 0.481 e. The van der Waals surface area contributed by atoms with E-state index in [-0.39, 0.29) is 11.6 Å². The lowest BCUT2D eigenvalue weighted by Gasteiger charge is -2.14. The Morgan fingerprint density at radius 2 is 2.09 bits per heavy atom. The molecule has 1 aromatic heterocycles. The number of nitrogens with zero attached hydrogens (tertiary/aromatic N) is 1. The molecule has 0 unspecified atom stereocenters. The van der Waals surface area contributed by atoms with Crippen LogP contribution in [0.2, 0.25) is 5.02 Å². The van der Waals surface area contributed by atoms with Gasteiger partial charge in [-0.1, -0.05) is 23.6 Å². The summed E-state index contributed by atoms with van der Waals surface area (Å²) in [6.07, 6.45) is 2.46. The number of hydrogen-bond donors (Lipinski definition) is 0. The van der Waals surface area contributed by atoms with Gasteiger partial charge in [-0.15, -0.1) is 6.42 Å². The SMILES string of the molecule is C#CCOc1ccc(-c2cccc(=O)n2CC(F)F)c(Cl)c1. The average Bonchev–Trinajstić information content (AvgIpc) is 2.47. The summed E-state index contributed by atoms with van der Waals surface area (Å²) in [6.45, 7) is -0.599. The lowest BCUT2D eigenvalue weighted by molar-refractivity contribution is 0.126. The zero-order valence-electron chi connectivity index (χ0n) is 11.4. The maximum absolute atomic E-state index is 12.7. The Morgan fingerprint density at radius 3 is 2.73 bits per heavy atom. The van der Waals surface area contributed by atoms with E-state index in [1.54, 1.807) is 18.2 Å². The van der Waals surface area contributed by atoms with Gasteiger partial charge in [0.05, 0.1) is 17.3 Å². The number of hydrogen-bond acceptors (Lipinski definition) is 2. The van der Waals surface area contributed by atoms with Crippen LogP contribution in [0.3, 0.4) is 0 Å². The second-order valence-electron chi connectivity index (χ2n) is 4.39. The first-order valence-electron chi connectivity index (χ1n) is 6.37. The molecule has 2 rings (SSSR count). The van der Waals surface area contributed by atoms with Gasteiger partial charge < -0.3 is 9.30 Å². The van der Waals surface area contributed by atoms with Crippen molar-refractivity contribution >= 4 is 11.6 Å². The van der Waals surface area contributed by atoms with Gasteiger partial charge in [0.15, 0.2) is 0 Å². The van der Waals surface area contributed by atoms with Gasteiger partial charge in [0.25, 0.3) is 12.0 Å². The van der Waals surface area contributed by atoms with E-state index in [0.717, 1.165) is 4.57 Å². The van der Waals surface area contributed by atoms with E-state index in [1.165, 1.54) is 18.2 Å². The number of rotatable bonds is 5. The third-order valence-corrected chi connectivity index (χ3v) is 3.22. The Bertz CT molecular complexity index is 765. The van der Waals surface area contributed by atoms with E-state index >= 15 is 0 Å². The molecule has 0 fully saturated rings. The van der Waals surface area contributed by atoms with Crippen LogP contribution in [0.15, 0.2) is 41.2 Å². The molecule has 0 aliphatic rings. The van der Waals surface area contributed by atoms with Gasteiger partial charge in [-0.05, 0) is 24.3 Å². The molecule has 0 radical (unpaired) electrons. The first-order valence-corrected chi connectivity index (χ1v) is 6.75. The van der Waals surface area contributed by atoms with E-state index in [9.17, 15) is 13.6 Å². The van der Waals surface area contributed by atoms with Crippen molar-refractivity contribution in [3.63, 3.8) is 0 Å². The number of pyridine rings is 1. The molecule has 0 atom stereocenters. The highest BCUT2D eigenvalue weighted by atomic mass is 35.5. The van der Waals surface area contributed by atoms with Crippen molar-refractivity contribution in [3.05, 3.63) is 51.8 Å². The van der Waals surface area contributed by atoms with Crippen molar-refractivity contribution in [2.45, 2.75) is 13.0 Å². The summed E-state index contributed by atoms with van der Waals surface area (Å²) in [5.41, 5.74) is 0.274. The maximum Gasteiger partial charge on any atom is 0.256 e. The molecule has 22 heavy (non-hydrogen) atoms. The molecule has 1 heterocycles. The smallest absolute Gasteiger partial charge is 0.256 e. The molecule has 0 spiro atoms. The monoisotopic (exact) mass is 323 g/mol. The van der Waals surface area contributed by atoms with E-state index in [1.807, 2.05) is 0 Å². The van der Waals surface area contributed by atoms with Crippen LogP contribution < -0.4 is 10.3 Å². The van der Waals surface area contributed by atoms with Crippen LogP contribution in [-0.4, -0.2) is 17.6 Å². The van der Waals surface area contributed by atoms with Gasteiger partial charge in [-0.3, -0.25) is 4.79 Å². The van der Waals surface area contributed by atoms with E-state index < -0.39 is 18.5 Å². The fraction of sp³-hybridized carbons (Fsp3) is 0.188. The minimum atomic E-state index is -2.64. The van der Waals surface area contributed by atoms with Gasteiger partial charge in [0.1, 0.15) is 12.4 Å². The highest BCUT2D eigenvalue weighted by Crippen LogP contribution is 2.30. The van der Waals surface area contributed by atoms with Crippen LogP contribution in [-0.2, 0) is 6.54 Å². The van der Waals surface area contributed by atoms with Gasteiger partial charge in [-0.2, -0.15) is 0 Å². The third-order valence-electron chi connectivity index (χ3n) is 2.91. The molecule has 0 N–H and O–H groups in total. The number of terminal acetylenes is 1. The number of ether oxygens (including phenoxy) is 1. The summed E-state index contributed by atoms with van der Waals surface area (Å²) < 4.78 is 31.6. The minimum absolute atomic E-state index is 0.0943. The highest BCUT2D eigenvalue weighted by Gasteiger charge is 2.14. The Balaban J connectivity index is 2.46. The number of halogens is 3. The van der Waals surface area contributed by atoms with Crippen LogP contribution in [0, 0.1) is 12.3 Å². The molecule has 0 bridgehead atoms. The van der Waals surface area contributed by atoms with Gasteiger partial charge in [0.2, 0.25) is 0 Å². The topological polar surface area (TPSA) is 31.2 Å². The Morgan fingerprint density at radius 1 is 1.32 bits per heavy atom. The fourth-order valence-corrected chi connectivity index (χ4v) is 2.27. The Hall–Kier alpha value is -2.32. The number of alkyl halides is 2. The van der Waals surface area contributed by atoms with Crippen molar-refractivity contribution in [3.8, 4) is 29.4 Å². The van der Waals surface area contributed by atoms with Crippen molar-refractivity contribution in [2.75, 3.05) is 6.61 Å².